The average molecular weight is 272 g/mol. The number of hydrogen-bond donors (Lipinski definition) is 0. The molecule has 1 aliphatic carbocycles. The van der Waals surface area contributed by atoms with Crippen LogP contribution in [-0.4, -0.2) is 46.6 Å². The van der Waals surface area contributed by atoms with Crippen molar-refractivity contribution in [2.75, 3.05) is 24.5 Å². The maximum Gasteiger partial charge on any atom is 0.135 e. The third-order valence-corrected chi connectivity index (χ3v) is 5.34. The Morgan fingerprint density at radius 3 is 2.85 bits per heavy atom. The minimum absolute atomic E-state index is 0.748. The summed E-state index contributed by atoms with van der Waals surface area (Å²) in [5.74, 6) is 1.23. The fourth-order valence-electron chi connectivity index (χ4n) is 4.12. The largest absolute Gasteiger partial charge is 0.353 e. The topological polar surface area (TPSA) is 32.3 Å². The zero-order chi connectivity index (χ0) is 13.5. The van der Waals surface area contributed by atoms with Crippen molar-refractivity contribution in [3.05, 3.63) is 17.6 Å². The van der Waals surface area contributed by atoms with Gasteiger partial charge in [-0.15, -0.1) is 0 Å². The molecule has 3 aliphatic rings. The number of aromatic nitrogens is 2. The number of rotatable bonds is 2. The molecule has 0 bridgehead atoms. The van der Waals surface area contributed by atoms with Crippen LogP contribution >= 0.6 is 0 Å². The van der Waals surface area contributed by atoms with Gasteiger partial charge in [-0.05, 0) is 45.6 Å². The van der Waals surface area contributed by atoms with E-state index in [4.69, 9.17) is 0 Å². The van der Waals surface area contributed by atoms with Gasteiger partial charge in [-0.1, -0.05) is 6.42 Å². The monoisotopic (exact) mass is 272 g/mol. The van der Waals surface area contributed by atoms with Gasteiger partial charge in [-0.25, -0.2) is 9.97 Å². The summed E-state index contributed by atoms with van der Waals surface area (Å²) in [5.41, 5.74) is 2.72. The molecule has 108 valence electrons. The van der Waals surface area contributed by atoms with E-state index >= 15 is 0 Å². The van der Waals surface area contributed by atoms with Crippen molar-refractivity contribution in [1.29, 1.82) is 0 Å². The van der Waals surface area contributed by atoms with Crippen molar-refractivity contribution in [3.63, 3.8) is 0 Å². The number of aryl methyl sites for hydroxylation is 1. The van der Waals surface area contributed by atoms with Gasteiger partial charge in [-0.3, -0.25) is 4.90 Å². The fourth-order valence-corrected chi connectivity index (χ4v) is 4.12. The Bertz CT molecular complexity index is 495. The second-order valence-electron chi connectivity index (χ2n) is 6.62. The van der Waals surface area contributed by atoms with Gasteiger partial charge in [0.15, 0.2) is 0 Å². The van der Waals surface area contributed by atoms with Gasteiger partial charge >= 0.3 is 0 Å². The number of likely N-dealkylation sites (tertiary alicyclic amines) is 1. The molecule has 2 fully saturated rings. The molecule has 4 heteroatoms. The van der Waals surface area contributed by atoms with E-state index in [9.17, 15) is 0 Å². The van der Waals surface area contributed by atoms with Crippen LogP contribution in [0.15, 0.2) is 6.33 Å². The Balaban J connectivity index is 1.45. The van der Waals surface area contributed by atoms with E-state index in [1.165, 1.54) is 55.7 Å². The van der Waals surface area contributed by atoms with E-state index in [2.05, 4.69) is 26.7 Å². The molecule has 0 amide bonds. The van der Waals surface area contributed by atoms with Gasteiger partial charge in [0.2, 0.25) is 0 Å². The number of hydrogen-bond acceptors (Lipinski definition) is 4. The van der Waals surface area contributed by atoms with Crippen molar-refractivity contribution in [2.24, 2.45) is 0 Å². The summed E-state index contributed by atoms with van der Waals surface area (Å²) in [7, 11) is 0. The van der Waals surface area contributed by atoms with Crippen LogP contribution in [0.5, 0.6) is 0 Å². The average Bonchev–Trinajstić information content (AvgIpc) is 2.88. The zero-order valence-electron chi connectivity index (χ0n) is 12.4. The highest BCUT2D eigenvalue weighted by atomic mass is 15.3. The molecule has 0 radical (unpaired) electrons. The van der Waals surface area contributed by atoms with Gasteiger partial charge < -0.3 is 4.90 Å². The zero-order valence-corrected chi connectivity index (χ0v) is 12.4. The van der Waals surface area contributed by atoms with E-state index in [-0.39, 0.29) is 0 Å². The number of piperidine rings is 1. The van der Waals surface area contributed by atoms with Gasteiger partial charge in [0.1, 0.15) is 12.1 Å². The first kappa shape index (κ1) is 12.6. The Hall–Kier alpha value is -1.16. The Labute approximate surface area is 121 Å². The van der Waals surface area contributed by atoms with Crippen molar-refractivity contribution in [3.8, 4) is 0 Å². The van der Waals surface area contributed by atoms with Crippen molar-refractivity contribution in [2.45, 2.75) is 57.5 Å². The molecule has 2 aliphatic heterocycles. The Morgan fingerprint density at radius 1 is 1.10 bits per heavy atom. The Morgan fingerprint density at radius 2 is 2.00 bits per heavy atom. The van der Waals surface area contributed by atoms with Gasteiger partial charge in [0, 0.05) is 36.4 Å². The normalized spacial score (nSPS) is 27.4. The van der Waals surface area contributed by atoms with Crippen LogP contribution < -0.4 is 4.90 Å². The summed E-state index contributed by atoms with van der Waals surface area (Å²) in [6.45, 7) is 6.01. The van der Waals surface area contributed by atoms with Crippen LogP contribution in [0.25, 0.3) is 0 Å². The van der Waals surface area contributed by atoms with Gasteiger partial charge in [0.05, 0.1) is 0 Å². The third-order valence-electron chi connectivity index (χ3n) is 5.34. The van der Waals surface area contributed by atoms with Gasteiger partial charge in [-0.2, -0.15) is 0 Å². The first-order valence-corrected chi connectivity index (χ1v) is 8.16. The predicted molar refractivity (Wildman–Crippen MR) is 80.1 cm³/mol. The first-order valence-electron chi connectivity index (χ1n) is 8.16. The van der Waals surface area contributed by atoms with Crippen molar-refractivity contribution >= 4 is 5.82 Å². The molecule has 2 saturated heterocycles. The summed E-state index contributed by atoms with van der Waals surface area (Å²) in [6.07, 6.45) is 9.49. The van der Waals surface area contributed by atoms with Crippen LogP contribution in [0.4, 0.5) is 5.82 Å². The van der Waals surface area contributed by atoms with Crippen molar-refractivity contribution < 1.29 is 0 Å². The van der Waals surface area contributed by atoms with Crippen LogP contribution in [0.2, 0.25) is 0 Å². The van der Waals surface area contributed by atoms with E-state index in [1.54, 1.807) is 6.33 Å². The maximum absolute atomic E-state index is 4.57. The quantitative estimate of drug-likeness (QED) is 0.824. The lowest BCUT2D eigenvalue weighted by molar-refractivity contribution is 0.0872. The molecular formula is C16H24N4. The van der Waals surface area contributed by atoms with Crippen LogP contribution in [0.1, 0.15) is 43.9 Å². The number of fused-ring (bicyclic) bond motifs is 1. The highest BCUT2D eigenvalue weighted by Gasteiger charge is 2.37. The summed E-state index contributed by atoms with van der Waals surface area (Å²) in [4.78, 5) is 14.2. The second kappa shape index (κ2) is 4.99. The van der Waals surface area contributed by atoms with E-state index < -0.39 is 0 Å². The summed E-state index contributed by atoms with van der Waals surface area (Å²) in [5, 5.41) is 0. The highest BCUT2D eigenvalue weighted by molar-refractivity contribution is 5.52. The lowest BCUT2D eigenvalue weighted by Crippen LogP contribution is -2.62. The fraction of sp³-hybridized carbons (Fsp3) is 0.750. The second-order valence-corrected chi connectivity index (χ2v) is 6.62. The minimum atomic E-state index is 0.748. The van der Waals surface area contributed by atoms with Crippen LogP contribution in [-0.2, 0) is 12.8 Å². The SMILES string of the molecule is CC1CCCCN1C1CN(c2ncnc3c2CCC3)C1. The predicted octanol–water partition coefficient (Wildman–Crippen LogP) is 2.03. The molecule has 4 rings (SSSR count). The molecule has 0 spiro atoms. The van der Waals surface area contributed by atoms with Gasteiger partial charge in [0.25, 0.3) is 0 Å². The minimum Gasteiger partial charge on any atom is -0.353 e. The van der Waals surface area contributed by atoms with E-state index in [0.717, 1.165) is 31.6 Å². The molecule has 1 aromatic heterocycles. The van der Waals surface area contributed by atoms with Crippen molar-refractivity contribution in [1.82, 2.24) is 14.9 Å². The number of anilines is 1. The summed E-state index contributed by atoms with van der Waals surface area (Å²) in [6, 6.07) is 1.52. The summed E-state index contributed by atoms with van der Waals surface area (Å²) < 4.78 is 0. The Kier molecular flexibility index (Phi) is 3.14. The standard InChI is InChI=1S/C16H24N4/c1-12-5-2-3-8-20(12)13-9-19(10-13)16-14-6-4-7-15(14)17-11-18-16/h11-13H,2-10H2,1H3. The molecule has 0 aromatic carbocycles. The molecule has 4 nitrogen and oxygen atoms in total. The van der Waals surface area contributed by atoms with Crippen LogP contribution in [0, 0.1) is 0 Å². The lowest BCUT2D eigenvalue weighted by atomic mass is 9.97. The highest BCUT2D eigenvalue weighted by Crippen LogP contribution is 2.32. The maximum atomic E-state index is 4.57. The molecule has 3 heterocycles. The smallest absolute Gasteiger partial charge is 0.135 e. The lowest BCUT2D eigenvalue weighted by Gasteiger charge is -2.50. The third kappa shape index (κ3) is 2.01. The molecule has 20 heavy (non-hydrogen) atoms. The van der Waals surface area contributed by atoms with E-state index in [0.29, 0.717) is 0 Å². The molecule has 0 N–H and O–H groups in total. The first-order chi connectivity index (χ1) is 9.83. The molecular weight excluding hydrogens is 248 g/mol. The van der Waals surface area contributed by atoms with Crippen LogP contribution in [0.3, 0.4) is 0 Å². The molecule has 1 unspecified atom stereocenters. The molecule has 1 aromatic rings. The number of nitrogens with zero attached hydrogens (tertiary/aromatic N) is 4. The molecule has 0 saturated carbocycles. The molecule has 1 atom stereocenters. The summed E-state index contributed by atoms with van der Waals surface area (Å²) >= 11 is 0. The van der Waals surface area contributed by atoms with E-state index in [1.807, 2.05) is 0 Å².